The summed E-state index contributed by atoms with van der Waals surface area (Å²) in [5.41, 5.74) is 6.25. The van der Waals surface area contributed by atoms with Crippen molar-refractivity contribution in [1.29, 1.82) is 0 Å². The Bertz CT molecular complexity index is 394. The van der Waals surface area contributed by atoms with Crippen molar-refractivity contribution >= 4 is 23.1 Å². The van der Waals surface area contributed by atoms with Crippen LogP contribution in [0.1, 0.15) is 19.5 Å². The average molecular weight is 252 g/mol. The molecule has 92 valence electrons. The predicted molar refractivity (Wildman–Crippen MR) is 69.0 cm³/mol. The molecule has 0 aliphatic heterocycles. The molecule has 1 unspecified atom stereocenters. The van der Waals surface area contributed by atoms with Crippen LogP contribution in [0, 0.1) is 11.8 Å². The second kappa shape index (κ2) is 6.24. The van der Waals surface area contributed by atoms with Gasteiger partial charge in [0.15, 0.2) is 0 Å². The summed E-state index contributed by atoms with van der Waals surface area (Å²) in [6, 6.07) is 3.56. The highest BCUT2D eigenvalue weighted by Gasteiger charge is 2.24. The van der Waals surface area contributed by atoms with E-state index in [1.54, 1.807) is 18.3 Å². The van der Waals surface area contributed by atoms with Crippen molar-refractivity contribution in [2.75, 3.05) is 0 Å². The van der Waals surface area contributed by atoms with E-state index in [9.17, 15) is 4.79 Å². The van der Waals surface area contributed by atoms with Crippen molar-refractivity contribution in [2.24, 2.45) is 17.6 Å². The molecule has 1 atom stereocenters. The standard InChI is InChI=1S/C11H16N4OS/c1-7(2)9(10(12)17)11(16)13-6-8-4-3-5-14-15-8/h3-5,7,9H,6H2,1-2H3,(H2,12,17)(H,13,16). The van der Waals surface area contributed by atoms with Crippen LogP contribution in [0.5, 0.6) is 0 Å². The summed E-state index contributed by atoms with van der Waals surface area (Å²) in [4.78, 5) is 12.1. The van der Waals surface area contributed by atoms with E-state index in [4.69, 9.17) is 18.0 Å². The lowest BCUT2D eigenvalue weighted by Gasteiger charge is -2.18. The number of thiocarbonyl (C=S) groups is 1. The van der Waals surface area contributed by atoms with Crippen LogP contribution in [-0.2, 0) is 11.3 Å². The van der Waals surface area contributed by atoms with Crippen LogP contribution in [0.2, 0.25) is 0 Å². The number of aromatic nitrogens is 2. The molecule has 5 nitrogen and oxygen atoms in total. The second-order valence-electron chi connectivity index (χ2n) is 4.06. The van der Waals surface area contributed by atoms with Crippen LogP contribution in [0.15, 0.2) is 18.3 Å². The quantitative estimate of drug-likeness (QED) is 0.752. The van der Waals surface area contributed by atoms with Crippen LogP contribution in [-0.4, -0.2) is 21.1 Å². The van der Waals surface area contributed by atoms with Crippen molar-refractivity contribution in [3.63, 3.8) is 0 Å². The van der Waals surface area contributed by atoms with Gasteiger partial charge in [-0.2, -0.15) is 10.2 Å². The maximum Gasteiger partial charge on any atom is 0.230 e. The minimum absolute atomic E-state index is 0.0781. The number of hydrogen-bond acceptors (Lipinski definition) is 4. The first-order valence-corrected chi connectivity index (χ1v) is 5.76. The van der Waals surface area contributed by atoms with Gasteiger partial charge in [0, 0.05) is 6.20 Å². The lowest BCUT2D eigenvalue weighted by atomic mass is 9.95. The fraction of sp³-hybridized carbons (Fsp3) is 0.455. The number of hydrogen-bond donors (Lipinski definition) is 2. The van der Waals surface area contributed by atoms with E-state index >= 15 is 0 Å². The predicted octanol–water partition coefficient (Wildman–Crippen LogP) is 0.651. The van der Waals surface area contributed by atoms with E-state index in [1.807, 2.05) is 13.8 Å². The minimum atomic E-state index is -0.443. The molecule has 0 aliphatic rings. The molecule has 0 saturated carbocycles. The molecule has 17 heavy (non-hydrogen) atoms. The Morgan fingerprint density at radius 1 is 1.59 bits per heavy atom. The van der Waals surface area contributed by atoms with Gasteiger partial charge in [-0.25, -0.2) is 0 Å². The van der Waals surface area contributed by atoms with Crippen molar-refractivity contribution in [3.05, 3.63) is 24.0 Å². The summed E-state index contributed by atoms with van der Waals surface area (Å²) >= 11 is 4.89. The fourth-order valence-corrected chi connectivity index (χ4v) is 1.86. The van der Waals surface area contributed by atoms with Gasteiger partial charge in [-0.1, -0.05) is 26.1 Å². The Morgan fingerprint density at radius 2 is 2.29 bits per heavy atom. The van der Waals surface area contributed by atoms with Gasteiger partial charge in [0.2, 0.25) is 5.91 Å². The molecule has 1 rings (SSSR count). The summed E-state index contributed by atoms with van der Waals surface area (Å²) in [5, 5.41) is 10.3. The smallest absolute Gasteiger partial charge is 0.230 e. The zero-order valence-corrected chi connectivity index (χ0v) is 10.7. The first-order valence-electron chi connectivity index (χ1n) is 5.36. The Balaban J connectivity index is 2.57. The highest BCUT2D eigenvalue weighted by atomic mass is 32.1. The summed E-state index contributed by atoms with van der Waals surface area (Å²) in [5.74, 6) is -0.533. The zero-order valence-electron chi connectivity index (χ0n) is 9.88. The molecule has 0 saturated heterocycles. The van der Waals surface area contributed by atoms with E-state index < -0.39 is 5.92 Å². The van der Waals surface area contributed by atoms with E-state index in [1.165, 1.54) is 0 Å². The molecule has 1 aromatic heterocycles. The van der Waals surface area contributed by atoms with Gasteiger partial charge in [0.25, 0.3) is 0 Å². The molecule has 0 radical (unpaired) electrons. The summed E-state index contributed by atoms with van der Waals surface area (Å²) < 4.78 is 0. The highest BCUT2D eigenvalue weighted by Crippen LogP contribution is 2.11. The monoisotopic (exact) mass is 252 g/mol. The average Bonchev–Trinajstić information content (AvgIpc) is 2.27. The molecule has 1 amide bonds. The lowest BCUT2D eigenvalue weighted by molar-refractivity contribution is -0.124. The summed E-state index contributed by atoms with van der Waals surface area (Å²) in [6.45, 7) is 4.15. The Morgan fingerprint density at radius 3 is 2.76 bits per heavy atom. The first kappa shape index (κ1) is 13.5. The summed E-state index contributed by atoms with van der Waals surface area (Å²) in [6.07, 6.45) is 1.58. The number of nitrogens with two attached hydrogens (primary N) is 1. The molecular weight excluding hydrogens is 236 g/mol. The van der Waals surface area contributed by atoms with Crippen LogP contribution in [0.25, 0.3) is 0 Å². The number of nitrogens with one attached hydrogen (secondary N) is 1. The number of nitrogens with zero attached hydrogens (tertiary/aromatic N) is 2. The van der Waals surface area contributed by atoms with Crippen LogP contribution < -0.4 is 11.1 Å². The largest absolute Gasteiger partial charge is 0.393 e. The van der Waals surface area contributed by atoms with Gasteiger partial charge in [-0.15, -0.1) is 0 Å². The molecular formula is C11H16N4OS. The SMILES string of the molecule is CC(C)C(C(=O)NCc1cccnn1)C(N)=S. The molecule has 1 aromatic rings. The topological polar surface area (TPSA) is 80.9 Å². The van der Waals surface area contributed by atoms with Crippen LogP contribution in [0.3, 0.4) is 0 Å². The zero-order chi connectivity index (χ0) is 12.8. The van der Waals surface area contributed by atoms with E-state index in [0.29, 0.717) is 12.2 Å². The number of amides is 1. The van der Waals surface area contributed by atoms with Crippen molar-refractivity contribution in [2.45, 2.75) is 20.4 Å². The molecule has 0 aromatic carbocycles. The van der Waals surface area contributed by atoms with Gasteiger partial charge in [-0.3, -0.25) is 4.79 Å². The third-order valence-corrected chi connectivity index (χ3v) is 2.58. The third-order valence-electron chi connectivity index (χ3n) is 2.33. The first-order chi connectivity index (χ1) is 8.02. The molecule has 0 aliphatic carbocycles. The van der Waals surface area contributed by atoms with Crippen molar-refractivity contribution in [3.8, 4) is 0 Å². The van der Waals surface area contributed by atoms with Crippen molar-refractivity contribution < 1.29 is 4.79 Å². The molecule has 6 heteroatoms. The van der Waals surface area contributed by atoms with Crippen molar-refractivity contribution in [1.82, 2.24) is 15.5 Å². The molecule has 0 spiro atoms. The van der Waals surface area contributed by atoms with Gasteiger partial charge in [-0.05, 0) is 18.1 Å². The Kier molecular flexibility index (Phi) is 4.96. The molecule has 1 heterocycles. The van der Waals surface area contributed by atoms with Crippen LogP contribution >= 0.6 is 12.2 Å². The maximum atomic E-state index is 11.9. The second-order valence-corrected chi connectivity index (χ2v) is 4.53. The highest BCUT2D eigenvalue weighted by molar-refractivity contribution is 7.80. The maximum absolute atomic E-state index is 11.9. The number of rotatable bonds is 5. The van der Waals surface area contributed by atoms with Gasteiger partial charge in [0.1, 0.15) is 0 Å². The van der Waals surface area contributed by atoms with Gasteiger partial charge >= 0.3 is 0 Å². The van der Waals surface area contributed by atoms with Gasteiger partial charge in [0.05, 0.1) is 23.1 Å². The number of carbonyl (C=O) groups excluding carboxylic acids is 1. The fourth-order valence-electron chi connectivity index (χ4n) is 1.48. The normalized spacial score (nSPS) is 12.2. The Hall–Kier alpha value is -1.56. The van der Waals surface area contributed by atoms with E-state index in [2.05, 4.69) is 15.5 Å². The Labute approximate surface area is 106 Å². The molecule has 0 fully saturated rings. The molecule has 0 bridgehead atoms. The minimum Gasteiger partial charge on any atom is -0.393 e. The molecule has 3 N–H and O–H groups in total. The van der Waals surface area contributed by atoms with Gasteiger partial charge < -0.3 is 11.1 Å². The van der Waals surface area contributed by atoms with E-state index in [-0.39, 0.29) is 16.8 Å². The van der Waals surface area contributed by atoms with Crippen LogP contribution in [0.4, 0.5) is 0 Å². The number of carbonyl (C=O) groups is 1. The third kappa shape index (κ3) is 4.07. The summed E-state index contributed by atoms with van der Waals surface area (Å²) in [7, 11) is 0. The lowest BCUT2D eigenvalue weighted by Crippen LogP contribution is -2.40. The van der Waals surface area contributed by atoms with E-state index in [0.717, 1.165) is 0 Å².